The first-order valence-electron chi connectivity index (χ1n) is 13.6. The van der Waals surface area contributed by atoms with Gasteiger partial charge in [-0.05, 0) is 60.7 Å². The average molecular weight is 571 g/mol. The molecule has 8 heteroatoms. The van der Waals surface area contributed by atoms with Gasteiger partial charge in [0.1, 0.15) is 23.0 Å². The van der Waals surface area contributed by atoms with Gasteiger partial charge in [-0.2, -0.15) is 0 Å². The number of carbonyl (C=O) groups excluding carboxylic acids is 4. The molecule has 0 unspecified atom stereocenters. The molecular weight excluding hydrogens is 544 g/mol. The molecule has 6 rings (SSSR count). The van der Waals surface area contributed by atoms with Gasteiger partial charge in [0, 0.05) is 40.8 Å². The minimum Gasteiger partial charge on any atom is -0.457 e. The molecule has 0 aromatic heterocycles. The van der Waals surface area contributed by atoms with Crippen molar-refractivity contribution >= 4 is 35.0 Å². The van der Waals surface area contributed by atoms with Crippen LogP contribution in [0.25, 0.3) is 0 Å². The van der Waals surface area contributed by atoms with Gasteiger partial charge in [0.2, 0.25) is 0 Å². The minimum atomic E-state index is -0.562. The van der Waals surface area contributed by atoms with Crippen LogP contribution in [-0.2, 0) is 24.6 Å². The van der Waals surface area contributed by atoms with Crippen molar-refractivity contribution in [2.75, 3.05) is 9.80 Å². The van der Waals surface area contributed by atoms with E-state index in [0.717, 1.165) is 20.9 Å². The number of para-hydroxylation sites is 2. The lowest BCUT2D eigenvalue weighted by Crippen LogP contribution is -2.29. The maximum Gasteiger partial charge on any atom is 0.258 e. The predicted octanol–water partition coefficient (Wildman–Crippen LogP) is 6.46. The van der Waals surface area contributed by atoms with Gasteiger partial charge < -0.3 is 9.47 Å². The van der Waals surface area contributed by atoms with Crippen molar-refractivity contribution in [3.8, 4) is 23.0 Å². The van der Waals surface area contributed by atoms with E-state index in [0.29, 0.717) is 34.4 Å². The van der Waals surface area contributed by atoms with Gasteiger partial charge >= 0.3 is 0 Å². The van der Waals surface area contributed by atoms with Crippen LogP contribution in [0.15, 0.2) is 121 Å². The number of imide groups is 2. The average Bonchev–Trinajstić information content (AvgIpc) is 3.53. The highest BCUT2D eigenvalue weighted by atomic mass is 16.5. The fourth-order valence-corrected chi connectivity index (χ4v) is 5.18. The summed E-state index contributed by atoms with van der Waals surface area (Å²) in [6.07, 6.45) is 4.99. The van der Waals surface area contributed by atoms with E-state index >= 15 is 0 Å². The largest absolute Gasteiger partial charge is 0.457 e. The van der Waals surface area contributed by atoms with Gasteiger partial charge in [-0.3, -0.25) is 19.2 Å². The molecule has 2 heterocycles. The van der Waals surface area contributed by atoms with E-state index in [9.17, 15) is 19.2 Å². The summed E-state index contributed by atoms with van der Waals surface area (Å²) in [5, 5.41) is 0. The standard InChI is InChI=1S/C35H26N2O6/c1-35(2,27-7-3-5-9-29(27)42-25-15-11-23(12-16-25)36-31(38)19-20-32(36)39)28-8-4-6-10-30(28)43-26-17-13-24(14-18-26)37-33(40)21-22-34(37)41/h3-22H,1-2H3. The molecule has 4 aromatic rings. The second-order valence-corrected chi connectivity index (χ2v) is 10.5. The van der Waals surface area contributed by atoms with Crippen molar-refractivity contribution in [1.29, 1.82) is 0 Å². The number of carbonyl (C=O) groups is 4. The van der Waals surface area contributed by atoms with Crippen molar-refractivity contribution in [2.24, 2.45) is 0 Å². The molecule has 0 bridgehead atoms. The maximum atomic E-state index is 12.0. The molecule has 4 amide bonds. The van der Waals surface area contributed by atoms with Crippen LogP contribution >= 0.6 is 0 Å². The summed E-state index contributed by atoms with van der Waals surface area (Å²) in [5.74, 6) is 0.871. The Hall–Kier alpha value is -5.76. The van der Waals surface area contributed by atoms with E-state index < -0.39 is 5.41 Å². The number of ether oxygens (including phenoxy) is 2. The molecule has 0 saturated carbocycles. The Balaban J connectivity index is 1.24. The Morgan fingerprint density at radius 3 is 1.14 bits per heavy atom. The zero-order chi connectivity index (χ0) is 30.1. The van der Waals surface area contributed by atoms with Crippen LogP contribution in [0, 0.1) is 0 Å². The van der Waals surface area contributed by atoms with Crippen molar-refractivity contribution in [1.82, 2.24) is 0 Å². The molecule has 0 N–H and O–H groups in total. The Morgan fingerprint density at radius 1 is 0.465 bits per heavy atom. The van der Waals surface area contributed by atoms with E-state index in [1.165, 1.54) is 24.3 Å². The Kier molecular flexibility index (Phi) is 6.95. The molecule has 8 nitrogen and oxygen atoms in total. The lowest BCUT2D eigenvalue weighted by atomic mass is 9.77. The van der Waals surface area contributed by atoms with Gasteiger partial charge in [-0.15, -0.1) is 0 Å². The molecule has 0 spiro atoms. The summed E-state index contributed by atoms with van der Waals surface area (Å²) in [6, 6.07) is 29.0. The topological polar surface area (TPSA) is 93.2 Å². The molecule has 2 aliphatic rings. The second-order valence-electron chi connectivity index (χ2n) is 10.5. The van der Waals surface area contributed by atoms with Crippen molar-refractivity contribution in [3.05, 3.63) is 132 Å². The quantitative estimate of drug-likeness (QED) is 0.226. The van der Waals surface area contributed by atoms with Gasteiger partial charge in [-0.1, -0.05) is 50.2 Å². The summed E-state index contributed by atoms with van der Waals surface area (Å²) in [6.45, 7) is 4.16. The van der Waals surface area contributed by atoms with E-state index in [-0.39, 0.29) is 23.6 Å². The SMILES string of the molecule is CC(C)(c1ccccc1Oc1ccc(N2C(=O)C=CC2=O)cc1)c1ccccc1Oc1ccc(N2C(=O)C=CC2=O)cc1. The van der Waals surface area contributed by atoms with Gasteiger partial charge in [-0.25, -0.2) is 9.80 Å². The highest BCUT2D eigenvalue weighted by molar-refractivity contribution is 6.28. The van der Waals surface area contributed by atoms with Crippen LogP contribution in [0.5, 0.6) is 23.0 Å². The Labute approximate surface area is 248 Å². The Morgan fingerprint density at radius 2 is 0.791 bits per heavy atom. The lowest BCUT2D eigenvalue weighted by molar-refractivity contribution is -0.121. The summed E-state index contributed by atoms with van der Waals surface area (Å²) in [7, 11) is 0. The van der Waals surface area contributed by atoms with Crippen molar-refractivity contribution < 1.29 is 28.7 Å². The van der Waals surface area contributed by atoms with E-state index in [4.69, 9.17) is 9.47 Å². The predicted molar refractivity (Wildman–Crippen MR) is 161 cm³/mol. The third-order valence-electron chi connectivity index (χ3n) is 7.38. The van der Waals surface area contributed by atoms with E-state index in [1.807, 2.05) is 48.5 Å². The Bertz CT molecular complexity index is 1650. The minimum absolute atomic E-state index is 0.378. The normalized spacial score (nSPS) is 14.7. The summed E-state index contributed by atoms with van der Waals surface area (Å²) >= 11 is 0. The first-order valence-corrected chi connectivity index (χ1v) is 13.6. The third-order valence-corrected chi connectivity index (χ3v) is 7.38. The first kappa shape index (κ1) is 27.4. The molecule has 43 heavy (non-hydrogen) atoms. The molecule has 0 fully saturated rings. The molecule has 0 atom stereocenters. The smallest absolute Gasteiger partial charge is 0.258 e. The summed E-state index contributed by atoms with van der Waals surface area (Å²) < 4.78 is 12.6. The first-order chi connectivity index (χ1) is 20.7. The zero-order valence-electron chi connectivity index (χ0n) is 23.4. The maximum absolute atomic E-state index is 12.0. The van der Waals surface area contributed by atoms with Crippen LogP contribution in [0.3, 0.4) is 0 Å². The number of amides is 4. The number of hydrogen-bond acceptors (Lipinski definition) is 6. The third kappa shape index (κ3) is 5.22. The van der Waals surface area contributed by atoms with Crippen LogP contribution in [0.4, 0.5) is 11.4 Å². The molecule has 0 saturated heterocycles. The fraction of sp³-hybridized carbons (Fsp3) is 0.0857. The number of benzene rings is 4. The summed E-state index contributed by atoms with van der Waals surface area (Å²) in [5.41, 5.74) is 2.20. The molecule has 0 aliphatic carbocycles. The monoisotopic (exact) mass is 570 g/mol. The van der Waals surface area contributed by atoms with Gasteiger partial charge in [0.15, 0.2) is 0 Å². The summed E-state index contributed by atoms with van der Waals surface area (Å²) in [4.78, 5) is 50.3. The fourth-order valence-electron chi connectivity index (χ4n) is 5.18. The molecule has 4 aromatic carbocycles. The number of hydrogen-bond donors (Lipinski definition) is 0. The van der Waals surface area contributed by atoms with Gasteiger partial charge in [0.05, 0.1) is 11.4 Å². The highest BCUT2D eigenvalue weighted by Crippen LogP contribution is 2.43. The highest BCUT2D eigenvalue weighted by Gasteiger charge is 2.31. The number of anilines is 2. The van der Waals surface area contributed by atoms with Crippen molar-refractivity contribution in [3.63, 3.8) is 0 Å². The second kappa shape index (κ2) is 10.9. The zero-order valence-corrected chi connectivity index (χ0v) is 23.4. The number of rotatable bonds is 8. The van der Waals surface area contributed by atoms with Crippen LogP contribution in [0.2, 0.25) is 0 Å². The molecule has 212 valence electrons. The molecular formula is C35H26N2O6. The van der Waals surface area contributed by atoms with E-state index in [2.05, 4.69) is 13.8 Å². The van der Waals surface area contributed by atoms with Crippen molar-refractivity contribution in [2.45, 2.75) is 19.3 Å². The molecule has 2 aliphatic heterocycles. The lowest BCUT2D eigenvalue weighted by Gasteiger charge is -2.30. The van der Waals surface area contributed by atoms with E-state index in [1.54, 1.807) is 48.5 Å². The molecule has 0 radical (unpaired) electrons. The van der Waals surface area contributed by atoms with Gasteiger partial charge in [0.25, 0.3) is 23.6 Å². The number of nitrogens with zero attached hydrogens (tertiary/aromatic N) is 2. The van der Waals surface area contributed by atoms with Crippen LogP contribution in [0.1, 0.15) is 25.0 Å². The van der Waals surface area contributed by atoms with Crippen LogP contribution < -0.4 is 19.3 Å². The van der Waals surface area contributed by atoms with Crippen LogP contribution in [-0.4, -0.2) is 23.6 Å².